The average molecular weight is 184 g/mol. The van der Waals surface area contributed by atoms with Crippen LogP contribution in [0.3, 0.4) is 0 Å². The summed E-state index contributed by atoms with van der Waals surface area (Å²) in [7, 11) is 0. The van der Waals surface area contributed by atoms with Crippen molar-refractivity contribution < 1.29 is 4.57 Å². The van der Waals surface area contributed by atoms with E-state index in [1.54, 1.807) is 0 Å². The Morgan fingerprint density at radius 1 is 1.30 bits per heavy atom. The Bertz CT molecular complexity index is 136. The highest BCUT2D eigenvalue weighted by Gasteiger charge is 2.21. The van der Waals surface area contributed by atoms with Gasteiger partial charge in [-0.15, -0.1) is 0 Å². The van der Waals surface area contributed by atoms with Crippen molar-refractivity contribution in [2.24, 2.45) is 0 Å². The van der Waals surface area contributed by atoms with E-state index in [1.807, 2.05) is 25.4 Å². The Morgan fingerprint density at radius 3 is 1.80 bits per heavy atom. The highest BCUT2D eigenvalue weighted by atomic mass is 35.7. The lowest BCUT2D eigenvalue weighted by molar-refractivity contribution is 0.455. The topological polar surface area (TPSA) is 20.3 Å². The monoisotopic (exact) mass is 183 g/mol. The highest BCUT2D eigenvalue weighted by molar-refractivity contribution is 7.87. The van der Waals surface area contributed by atoms with Gasteiger partial charge in [-0.2, -0.15) is 0 Å². The molecule has 0 heterocycles. The second-order valence-electron chi connectivity index (χ2n) is 2.07. The van der Waals surface area contributed by atoms with Crippen molar-refractivity contribution >= 4 is 17.9 Å². The van der Waals surface area contributed by atoms with E-state index in [2.05, 4.69) is 0 Å². The molecule has 0 aromatic heterocycles. The normalized spacial score (nSPS) is 17.3. The molecule has 4 heteroatoms. The molecule has 1 unspecified atom stereocenters. The summed E-state index contributed by atoms with van der Waals surface area (Å²) in [5.41, 5.74) is 0. The van der Waals surface area contributed by atoms with Gasteiger partial charge in [-0.05, 0) is 11.2 Å². The second-order valence-corrected chi connectivity index (χ2v) is 6.09. The maximum Gasteiger partial charge on any atom is 0.234 e. The van der Waals surface area contributed by atoms with Crippen LogP contribution in [0.1, 0.15) is 20.8 Å². The average Bonchev–Trinajstić information content (AvgIpc) is 1.90. The minimum atomic E-state index is -2.48. The summed E-state index contributed by atoms with van der Waals surface area (Å²) in [5.74, 6) is 0. The summed E-state index contributed by atoms with van der Waals surface area (Å²) < 4.78 is 13.3. The summed E-state index contributed by atoms with van der Waals surface area (Å²) in [6, 6.07) is 0. The van der Waals surface area contributed by atoms with Gasteiger partial charge in [-0.1, -0.05) is 20.8 Å². The van der Waals surface area contributed by atoms with Gasteiger partial charge in [-0.25, -0.2) is 4.67 Å². The van der Waals surface area contributed by atoms with Gasteiger partial charge < -0.3 is 0 Å². The molecule has 62 valence electrons. The quantitative estimate of drug-likeness (QED) is 0.625. The van der Waals surface area contributed by atoms with E-state index in [9.17, 15) is 4.57 Å². The summed E-state index contributed by atoms with van der Waals surface area (Å²) in [6.07, 6.45) is 0.552. The van der Waals surface area contributed by atoms with E-state index in [4.69, 9.17) is 11.2 Å². The molecule has 0 aliphatic carbocycles. The molecule has 0 bridgehead atoms. The van der Waals surface area contributed by atoms with Crippen molar-refractivity contribution in [3.63, 3.8) is 0 Å². The van der Waals surface area contributed by atoms with E-state index in [-0.39, 0.29) is 0 Å². The van der Waals surface area contributed by atoms with Crippen molar-refractivity contribution in [2.45, 2.75) is 20.8 Å². The lowest BCUT2D eigenvalue weighted by Gasteiger charge is -2.22. The Labute approximate surface area is 67.8 Å². The van der Waals surface area contributed by atoms with E-state index in [0.29, 0.717) is 6.16 Å². The molecular weight excluding hydrogens is 168 g/mol. The number of nitrogens with zero attached hydrogens (tertiary/aromatic N) is 1. The van der Waals surface area contributed by atoms with Gasteiger partial charge in [-0.3, -0.25) is 4.57 Å². The van der Waals surface area contributed by atoms with Crippen LogP contribution in [0.5, 0.6) is 0 Å². The van der Waals surface area contributed by atoms with Gasteiger partial charge in [0.05, 0.1) is 0 Å². The zero-order valence-electron chi connectivity index (χ0n) is 6.80. The van der Waals surface area contributed by atoms with Crippen LogP contribution in [0.25, 0.3) is 0 Å². The number of hydrogen-bond acceptors (Lipinski definition) is 1. The first kappa shape index (κ1) is 10.5. The molecular formula is C6H15ClNOP. The van der Waals surface area contributed by atoms with Gasteiger partial charge in [0.1, 0.15) is 0 Å². The predicted molar refractivity (Wildman–Crippen MR) is 46.9 cm³/mol. The lowest BCUT2D eigenvalue weighted by atomic mass is 10.7. The van der Waals surface area contributed by atoms with E-state index in [1.165, 1.54) is 0 Å². The van der Waals surface area contributed by atoms with Crippen molar-refractivity contribution in [3.8, 4) is 0 Å². The van der Waals surface area contributed by atoms with Gasteiger partial charge >= 0.3 is 0 Å². The first-order valence-electron chi connectivity index (χ1n) is 3.62. The number of rotatable bonds is 4. The Hall–Kier alpha value is 0.480. The molecule has 0 saturated heterocycles. The van der Waals surface area contributed by atoms with Crippen molar-refractivity contribution in [1.82, 2.24) is 4.67 Å². The molecule has 0 spiro atoms. The molecule has 0 aromatic rings. The van der Waals surface area contributed by atoms with Crippen molar-refractivity contribution in [2.75, 3.05) is 19.3 Å². The van der Waals surface area contributed by atoms with Gasteiger partial charge in [0, 0.05) is 19.3 Å². The fourth-order valence-electron chi connectivity index (χ4n) is 0.846. The molecule has 0 amide bonds. The van der Waals surface area contributed by atoms with Crippen LogP contribution in [0, 0.1) is 0 Å². The standard InChI is InChI=1S/C6H15ClNOP/c1-4-8(5-2)10(7,9)6-3/h4-6H2,1-3H3. The lowest BCUT2D eigenvalue weighted by Crippen LogP contribution is -2.17. The molecule has 10 heavy (non-hydrogen) atoms. The molecule has 2 nitrogen and oxygen atoms in total. The Kier molecular flexibility index (Phi) is 4.59. The zero-order valence-corrected chi connectivity index (χ0v) is 8.45. The molecule has 0 aliphatic rings. The van der Waals surface area contributed by atoms with Gasteiger partial charge in [0.2, 0.25) is 6.65 Å². The fraction of sp³-hybridized carbons (Fsp3) is 1.00. The molecule has 0 aromatic carbocycles. The van der Waals surface area contributed by atoms with E-state index >= 15 is 0 Å². The van der Waals surface area contributed by atoms with Gasteiger partial charge in [0.15, 0.2) is 0 Å². The third kappa shape index (κ3) is 2.61. The third-order valence-corrected chi connectivity index (χ3v) is 5.09. The summed E-state index contributed by atoms with van der Waals surface area (Å²) in [5, 5.41) is 0. The minimum absolute atomic E-state index is 0.552. The van der Waals surface area contributed by atoms with Crippen LogP contribution in [-0.2, 0) is 4.57 Å². The van der Waals surface area contributed by atoms with Crippen LogP contribution in [0.2, 0.25) is 0 Å². The Morgan fingerprint density at radius 2 is 1.70 bits per heavy atom. The highest BCUT2D eigenvalue weighted by Crippen LogP contribution is 2.53. The summed E-state index contributed by atoms with van der Waals surface area (Å²) in [6.45, 7) is 4.85. The second kappa shape index (κ2) is 4.38. The van der Waals surface area contributed by atoms with Crippen LogP contribution in [0.15, 0.2) is 0 Å². The molecule has 0 radical (unpaired) electrons. The first-order chi connectivity index (χ1) is 4.58. The first-order valence-corrected chi connectivity index (χ1v) is 6.37. The minimum Gasteiger partial charge on any atom is -0.289 e. The third-order valence-electron chi connectivity index (χ3n) is 1.54. The van der Waals surface area contributed by atoms with Crippen molar-refractivity contribution in [1.29, 1.82) is 0 Å². The molecule has 0 fully saturated rings. The molecule has 0 N–H and O–H groups in total. The van der Waals surface area contributed by atoms with Crippen LogP contribution < -0.4 is 0 Å². The maximum absolute atomic E-state index is 11.4. The van der Waals surface area contributed by atoms with Crippen LogP contribution in [0.4, 0.5) is 0 Å². The van der Waals surface area contributed by atoms with E-state index in [0.717, 1.165) is 13.1 Å². The molecule has 0 saturated carbocycles. The van der Waals surface area contributed by atoms with Gasteiger partial charge in [0.25, 0.3) is 0 Å². The maximum atomic E-state index is 11.4. The molecule has 1 atom stereocenters. The predicted octanol–water partition coefficient (Wildman–Crippen LogP) is 2.78. The molecule has 0 aliphatic heterocycles. The Balaban J connectivity index is 4.12. The number of halogens is 1. The number of hydrogen-bond donors (Lipinski definition) is 0. The van der Waals surface area contributed by atoms with Crippen LogP contribution >= 0.6 is 17.9 Å². The molecule has 0 rings (SSSR count). The van der Waals surface area contributed by atoms with Crippen LogP contribution in [-0.4, -0.2) is 23.9 Å². The fourth-order valence-corrected chi connectivity index (χ4v) is 2.73. The largest absolute Gasteiger partial charge is 0.289 e. The van der Waals surface area contributed by atoms with E-state index < -0.39 is 6.65 Å². The smallest absolute Gasteiger partial charge is 0.234 e. The SMILES string of the molecule is CCN(CC)P(=O)(Cl)CC. The summed E-state index contributed by atoms with van der Waals surface area (Å²) >= 11 is 5.77. The van der Waals surface area contributed by atoms with Crippen molar-refractivity contribution in [3.05, 3.63) is 0 Å². The zero-order chi connectivity index (χ0) is 8.20. The summed E-state index contributed by atoms with van der Waals surface area (Å²) in [4.78, 5) is 0.